The molecule has 4 heteroatoms. The van der Waals surface area contributed by atoms with E-state index in [1.54, 1.807) is 6.07 Å². The lowest BCUT2D eigenvalue weighted by Crippen LogP contribution is -2.15. The number of benzene rings is 1. The van der Waals surface area contributed by atoms with Crippen LogP contribution in [0.15, 0.2) is 18.2 Å². The van der Waals surface area contributed by atoms with Crippen molar-refractivity contribution in [3.05, 3.63) is 39.4 Å². The minimum absolute atomic E-state index is 0.256. The van der Waals surface area contributed by atoms with E-state index in [1.165, 1.54) is 5.56 Å². The van der Waals surface area contributed by atoms with Crippen molar-refractivity contribution in [1.29, 1.82) is 0 Å². The van der Waals surface area contributed by atoms with Gasteiger partial charge in [-0.3, -0.25) is 10.1 Å². The van der Waals surface area contributed by atoms with Gasteiger partial charge in [0.05, 0.1) is 4.92 Å². The van der Waals surface area contributed by atoms with Crippen LogP contribution in [0.2, 0.25) is 0 Å². The predicted molar refractivity (Wildman–Crippen MR) is 70.0 cm³/mol. The van der Waals surface area contributed by atoms with Gasteiger partial charge in [-0.1, -0.05) is 19.9 Å². The van der Waals surface area contributed by atoms with Crippen LogP contribution in [0.4, 0.5) is 5.69 Å². The van der Waals surface area contributed by atoms with Crippen molar-refractivity contribution in [2.75, 3.05) is 13.2 Å². The van der Waals surface area contributed by atoms with Gasteiger partial charge in [0.25, 0.3) is 5.69 Å². The second-order valence-electron chi connectivity index (χ2n) is 5.12. The summed E-state index contributed by atoms with van der Waals surface area (Å²) < 4.78 is 5.33. The first-order valence-electron chi connectivity index (χ1n) is 6.45. The molecule has 0 atom stereocenters. The number of nitro benzene ring substituents is 1. The molecule has 0 saturated carbocycles. The van der Waals surface area contributed by atoms with Gasteiger partial charge < -0.3 is 4.74 Å². The average molecular weight is 249 g/mol. The van der Waals surface area contributed by atoms with Crippen LogP contribution in [0, 0.1) is 10.1 Å². The molecule has 98 valence electrons. The van der Waals surface area contributed by atoms with E-state index in [9.17, 15) is 10.1 Å². The molecule has 1 aliphatic rings. The number of nitrogens with zero attached hydrogens (tertiary/aromatic N) is 1. The number of ether oxygens (including phenoxy) is 1. The molecule has 1 aliphatic heterocycles. The number of hydrogen-bond donors (Lipinski definition) is 0. The minimum Gasteiger partial charge on any atom is -0.381 e. The maximum Gasteiger partial charge on any atom is 0.272 e. The Balaban J connectivity index is 2.39. The van der Waals surface area contributed by atoms with Crippen LogP contribution in [0.25, 0.3) is 0 Å². The molecule has 0 unspecified atom stereocenters. The van der Waals surface area contributed by atoms with Gasteiger partial charge in [-0.2, -0.15) is 0 Å². The monoisotopic (exact) mass is 249 g/mol. The van der Waals surface area contributed by atoms with Crippen molar-refractivity contribution < 1.29 is 9.66 Å². The van der Waals surface area contributed by atoms with Gasteiger partial charge in [-0.05, 0) is 36.3 Å². The Morgan fingerprint density at radius 3 is 2.56 bits per heavy atom. The largest absolute Gasteiger partial charge is 0.381 e. The number of nitro groups is 1. The Hall–Kier alpha value is -1.42. The molecule has 2 rings (SSSR count). The van der Waals surface area contributed by atoms with Crippen LogP contribution in [0.1, 0.15) is 49.7 Å². The van der Waals surface area contributed by atoms with Gasteiger partial charge in [0.15, 0.2) is 0 Å². The van der Waals surface area contributed by atoms with Crippen LogP contribution in [0.3, 0.4) is 0 Å². The van der Waals surface area contributed by atoms with Crippen LogP contribution in [-0.4, -0.2) is 18.1 Å². The molecular weight excluding hydrogens is 230 g/mol. The third-order valence-electron chi connectivity index (χ3n) is 3.58. The highest BCUT2D eigenvalue weighted by molar-refractivity contribution is 5.46. The summed E-state index contributed by atoms with van der Waals surface area (Å²) in [6, 6.07) is 5.53. The molecule has 1 aromatic carbocycles. The van der Waals surface area contributed by atoms with Crippen molar-refractivity contribution in [3.63, 3.8) is 0 Å². The van der Waals surface area contributed by atoms with Gasteiger partial charge in [-0.25, -0.2) is 0 Å². The zero-order chi connectivity index (χ0) is 13.1. The lowest BCUT2D eigenvalue weighted by molar-refractivity contribution is -0.385. The van der Waals surface area contributed by atoms with Gasteiger partial charge in [0.2, 0.25) is 0 Å². The molecular formula is C14H19NO3. The van der Waals surface area contributed by atoms with Crippen LogP contribution < -0.4 is 0 Å². The Labute approximate surface area is 107 Å². The molecule has 0 N–H and O–H groups in total. The fourth-order valence-electron chi connectivity index (χ4n) is 2.43. The summed E-state index contributed by atoms with van der Waals surface area (Å²) in [7, 11) is 0. The molecule has 1 saturated heterocycles. The maximum absolute atomic E-state index is 11.1. The highest BCUT2D eigenvalue weighted by Crippen LogP contribution is 2.35. The minimum atomic E-state index is -0.269. The maximum atomic E-state index is 11.1. The Bertz CT molecular complexity index is 437. The molecule has 1 fully saturated rings. The number of rotatable bonds is 3. The SMILES string of the molecule is CC(C)c1ccc([N+](=O)[O-])c(C2CCOCC2)c1. The third-order valence-corrected chi connectivity index (χ3v) is 3.58. The lowest BCUT2D eigenvalue weighted by atomic mass is 9.87. The molecule has 0 amide bonds. The summed E-state index contributed by atoms with van der Waals surface area (Å²) in [4.78, 5) is 10.9. The molecule has 1 aromatic rings. The first kappa shape index (κ1) is 13.0. The van der Waals surface area contributed by atoms with Gasteiger partial charge in [0, 0.05) is 24.8 Å². The zero-order valence-electron chi connectivity index (χ0n) is 10.9. The van der Waals surface area contributed by atoms with Crippen molar-refractivity contribution in [2.45, 2.75) is 38.5 Å². The molecule has 4 nitrogen and oxygen atoms in total. The zero-order valence-corrected chi connectivity index (χ0v) is 10.9. The summed E-state index contributed by atoms with van der Waals surface area (Å²) in [6.45, 7) is 5.62. The predicted octanol–water partition coefficient (Wildman–Crippen LogP) is 3.61. The standard InChI is InChI=1S/C14H19NO3/c1-10(2)12-3-4-14(15(16)17)13(9-12)11-5-7-18-8-6-11/h3-4,9-11H,5-8H2,1-2H3. The van der Waals surface area contributed by atoms with Gasteiger partial charge in [-0.15, -0.1) is 0 Å². The van der Waals surface area contributed by atoms with E-state index >= 15 is 0 Å². The van der Waals surface area contributed by atoms with Crippen molar-refractivity contribution in [1.82, 2.24) is 0 Å². The summed E-state index contributed by atoms with van der Waals surface area (Å²) in [6.07, 6.45) is 1.75. The normalized spacial score (nSPS) is 17.1. The summed E-state index contributed by atoms with van der Waals surface area (Å²) in [5.74, 6) is 0.655. The van der Waals surface area contributed by atoms with E-state index in [1.807, 2.05) is 12.1 Å². The van der Waals surface area contributed by atoms with Crippen LogP contribution in [0.5, 0.6) is 0 Å². The first-order chi connectivity index (χ1) is 8.59. The molecule has 0 aromatic heterocycles. The summed E-state index contributed by atoms with van der Waals surface area (Å²) >= 11 is 0. The van der Waals surface area contributed by atoms with E-state index in [0.717, 1.165) is 18.4 Å². The summed E-state index contributed by atoms with van der Waals surface area (Å²) in [5, 5.41) is 11.1. The summed E-state index contributed by atoms with van der Waals surface area (Å²) in [5.41, 5.74) is 2.31. The number of hydrogen-bond acceptors (Lipinski definition) is 3. The van der Waals surface area contributed by atoms with E-state index in [-0.39, 0.29) is 16.5 Å². The molecule has 18 heavy (non-hydrogen) atoms. The van der Waals surface area contributed by atoms with Crippen LogP contribution >= 0.6 is 0 Å². The second-order valence-corrected chi connectivity index (χ2v) is 5.12. The second kappa shape index (κ2) is 5.48. The molecule has 0 radical (unpaired) electrons. The van der Waals surface area contributed by atoms with E-state index in [4.69, 9.17) is 4.74 Å². The molecule has 0 spiro atoms. The average Bonchev–Trinajstić information content (AvgIpc) is 2.39. The van der Waals surface area contributed by atoms with Gasteiger partial charge in [0.1, 0.15) is 0 Å². The smallest absolute Gasteiger partial charge is 0.272 e. The highest BCUT2D eigenvalue weighted by Gasteiger charge is 2.24. The first-order valence-corrected chi connectivity index (χ1v) is 6.45. The van der Waals surface area contributed by atoms with Crippen LogP contribution in [-0.2, 0) is 4.74 Å². The van der Waals surface area contributed by atoms with E-state index in [2.05, 4.69) is 13.8 Å². The Kier molecular flexibility index (Phi) is 3.97. The van der Waals surface area contributed by atoms with E-state index < -0.39 is 0 Å². The van der Waals surface area contributed by atoms with Gasteiger partial charge >= 0.3 is 0 Å². The Morgan fingerprint density at radius 2 is 2.00 bits per heavy atom. The molecule has 0 bridgehead atoms. The molecule has 0 aliphatic carbocycles. The Morgan fingerprint density at radius 1 is 1.33 bits per heavy atom. The van der Waals surface area contributed by atoms with Crippen molar-refractivity contribution in [2.24, 2.45) is 0 Å². The highest BCUT2D eigenvalue weighted by atomic mass is 16.6. The van der Waals surface area contributed by atoms with Crippen molar-refractivity contribution >= 4 is 5.69 Å². The fraction of sp³-hybridized carbons (Fsp3) is 0.571. The quantitative estimate of drug-likeness (QED) is 0.607. The topological polar surface area (TPSA) is 52.4 Å². The third kappa shape index (κ3) is 2.70. The fourth-order valence-corrected chi connectivity index (χ4v) is 2.43. The lowest BCUT2D eigenvalue weighted by Gasteiger charge is -2.23. The van der Waals surface area contributed by atoms with Crippen molar-refractivity contribution in [3.8, 4) is 0 Å². The molecule has 1 heterocycles. The van der Waals surface area contributed by atoms with E-state index in [0.29, 0.717) is 19.1 Å².